The van der Waals surface area contributed by atoms with Crippen LogP contribution in [0.25, 0.3) is 11.1 Å². The van der Waals surface area contributed by atoms with Crippen molar-refractivity contribution in [3.05, 3.63) is 108 Å². The second-order valence-corrected chi connectivity index (χ2v) is 8.32. The molecule has 0 saturated heterocycles. The molecule has 0 spiro atoms. The van der Waals surface area contributed by atoms with Crippen molar-refractivity contribution < 1.29 is 27.8 Å². The Balaban J connectivity index is 0.00000137. The Morgan fingerprint density at radius 3 is 2.20 bits per heavy atom. The summed E-state index contributed by atoms with van der Waals surface area (Å²) < 4.78 is 53.4. The first kappa shape index (κ1) is 28.0. The van der Waals surface area contributed by atoms with Gasteiger partial charge in [0.1, 0.15) is 18.1 Å². The summed E-state index contributed by atoms with van der Waals surface area (Å²) in [5, 5.41) is 9.64. The van der Waals surface area contributed by atoms with E-state index in [0.29, 0.717) is 36.8 Å². The molecule has 0 aliphatic heterocycles. The Labute approximate surface area is 205 Å². The van der Waals surface area contributed by atoms with E-state index in [1.165, 1.54) is 7.11 Å². The van der Waals surface area contributed by atoms with Gasteiger partial charge in [0.05, 0.1) is 13.2 Å². The summed E-state index contributed by atoms with van der Waals surface area (Å²) in [6, 6.07) is 10.1. The van der Waals surface area contributed by atoms with Crippen molar-refractivity contribution in [1.29, 1.82) is 0 Å². The van der Waals surface area contributed by atoms with E-state index >= 15 is 0 Å². The van der Waals surface area contributed by atoms with Crippen molar-refractivity contribution in [1.82, 2.24) is 0 Å². The molecule has 1 aliphatic rings. The van der Waals surface area contributed by atoms with Crippen LogP contribution in [0.15, 0.2) is 85.6 Å². The normalized spacial score (nSPS) is 17.6. The maximum absolute atomic E-state index is 14.8. The molecule has 0 aromatic heterocycles. The minimum atomic E-state index is -0.870. The third-order valence-corrected chi connectivity index (χ3v) is 5.74. The first-order chi connectivity index (χ1) is 16.7. The number of aliphatic hydroxyl groups excluding tert-OH is 1. The average Bonchev–Trinajstić information content (AvgIpc) is 2.85. The summed E-state index contributed by atoms with van der Waals surface area (Å²) >= 11 is 0. The summed E-state index contributed by atoms with van der Waals surface area (Å²) in [4.78, 5) is 0. The first-order valence-electron chi connectivity index (χ1n) is 11.5. The third-order valence-electron chi connectivity index (χ3n) is 5.74. The fourth-order valence-electron chi connectivity index (χ4n) is 3.81. The molecule has 188 valence electrons. The molecule has 0 bridgehead atoms. The van der Waals surface area contributed by atoms with Crippen LogP contribution in [0.1, 0.15) is 49.7 Å². The Morgan fingerprint density at radius 2 is 1.63 bits per heavy atom. The smallest absolute Gasteiger partial charge is 0.168 e. The second-order valence-electron chi connectivity index (χ2n) is 8.32. The van der Waals surface area contributed by atoms with Gasteiger partial charge in [-0.15, -0.1) is 6.58 Å². The van der Waals surface area contributed by atoms with Gasteiger partial charge in [-0.05, 0) is 55.2 Å². The van der Waals surface area contributed by atoms with Crippen molar-refractivity contribution in [2.75, 3.05) is 7.11 Å². The van der Waals surface area contributed by atoms with Crippen LogP contribution < -0.4 is 0 Å². The Kier molecular flexibility index (Phi) is 10.9. The SMILES string of the molecule is C=C(/C=C(/F)C(=C)OC)OCc1ccc(-c2ccc(C3CCC(O)CC3)c(F)c2F)cc1.C=CC. The van der Waals surface area contributed by atoms with Gasteiger partial charge in [-0.25, -0.2) is 13.2 Å². The topological polar surface area (TPSA) is 38.7 Å². The van der Waals surface area contributed by atoms with Crippen molar-refractivity contribution >= 4 is 0 Å². The molecule has 0 amide bonds. The molecule has 1 N–H and O–H groups in total. The maximum atomic E-state index is 14.8. The number of allylic oxidation sites excluding steroid dienone is 3. The lowest BCUT2D eigenvalue weighted by molar-refractivity contribution is 0.122. The van der Waals surface area contributed by atoms with Crippen LogP contribution >= 0.6 is 0 Å². The molecule has 2 aromatic rings. The largest absolute Gasteiger partial charge is 0.494 e. The third kappa shape index (κ3) is 7.89. The summed E-state index contributed by atoms with van der Waals surface area (Å²) in [7, 11) is 1.31. The summed E-state index contributed by atoms with van der Waals surface area (Å²) in [6.45, 7) is 12.4. The molecule has 1 fully saturated rings. The van der Waals surface area contributed by atoms with E-state index in [1.807, 2.05) is 6.92 Å². The van der Waals surface area contributed by atoms with Crippen molar-refractivity contribution in [2.45, 2.75) is 51.2 Å². The number of halogens is 3. The van der Waals surface area contributed by atoms with Crippen LogP contribution in [-0.2, 0) is 16.1 Å². The van der Waals surface area contributed by atoms with Crippen LogP contribution in [0.2, 0.25) is 0 Å². The van der Waals surface area contributed by atoms with E-state index in [2.05, 4.69) is 19.7 Å². The lowest BCUT2D eigenvalue weighted by Crippen LogP contribution is -2.18. The fraction of sp³-hybridized carbons (Fsp3) is 0.310. The zero-order valence-corrected chi connectivity index (χ0v) is 20.3. The highest BCUT2D eigenvalue weighted by molar-refractivity contribution is 5.65. The number of benzene rings is 2. The van der Waals surface area contributed by atoms with Crippen molar-refractivity contribution in [2.24, 2.45) is 0 Å². The Morgan fingerprint density at radius 1 is 1.03 bits per heavy atom. The van der Waals surface area contributed by atoms with Crippen LogP contribution in [-0.4, -0.2) is 18.3 Å². The molecule has 0 unspecified atom stereocenters. The lowest BCUT2D eigenvalue weighted by atomic mass is 9.82. The van der Waals surface area contributed by atoms with Crippen LogP contribution in [0.5, 0.6) is 0 Å². The van der Waals surface area contributed by atoms with Crippen LogP contribution in [0.3, 0.4) is 0 Å². The minimum absolute atomic E-state index is 0.0745. The molecular formula is C29H33F3O3. The molecule has 35 heavy (non-hydrogen) atoms. The van der Waals surface area contributed by atoms with Gasteiger partial charge in [0.2, 0.25) is 0 Å². The van der Waals surface area contributed by atoms with Crippen molar-refractivity contribution in [3.8, 4) is 11.1 Å². The molecule has 2 aromatic carbocycles. The molecule has 6 heteroatoms. The predicted molar refractivity (Wildman–Crippen MR) is 134 cm³/mol. The highest BCUT2D eigenvalue weighted by atomic mass is 19.2. The van der Waals surface area contributed by atoms with Crippen LogP contribution in [0, 0.1) is 11.6 Å². The number of rotatable bonds is 8. The van der Waals surface area contributed by atoms with Gasteiger partial charge in [-0.3, -0.25) is 0 Å². The van der Waals surface area contributed by atoms with E-state index in [1.54, 1.807) is 42.5 Å². The minimum Gasteiger partial charge on any atom is -0.494 e. The van der Waals surface area contributed by atoms with E-state index in [0.717, 1.165) is 11.6 Å². The Bertz CT molecular complexity index is 1050. The van der Waals surface area contributed by atoms with E-state index in [4.69, 9.17) is 9.47 Å². The van der Waals surface area contributed by atoms with Gasteiger partial charge in [-0.2, -0.15) is 0 Å². The monoisotopic (exact) mass is 486 g/mol. The number of hydrogen-bond donors (Lipinski definition) is 1. The van der Waals surface area contributed by atoms with Crippen LogP contribution in [0.4, 0.5) is 13.2 Å². The second kappa shape index (κ2) is 13.6. The quantitative estimate of drug-likeness (QED) is 0.234. The molecule has 0 atom stereocenters. The van der Waals surface area contributed by atoms with Gasteiger partial charge in [0.25, 0.3) is 0 Å². The number of ether oxygens (including phenoxy) is 2. The average molecular weight is 487 g/mol. The van der Waals surface area contributed by atoms with E-state index in [9.17, 15) is 18.3 Å². The maximum Gasteiger partial charge on any atom is 0.168 e. The molecule has 0 heterocycles. The molecule has 0 radical (unpaired) electrons. The zero-order chi connectivity index (χ0) is 26.0. The van der Waals surface area contributed by atoms with E-state index in [-0.39, 0.29) is 35.7 Å². The molecular weight excluding hydrogens is 453 g/mol. The Hall–Kier alpha value is -3.25. The van der Waals surface area contributed by atoms with Gasteiger partial charge in [0, 0.05) is 11.6 Å². The van der Waals surface area contributed by atoms with Gasteiger partial charge in [0.15, 0.2) is 17.5 Å². The van der Waals surface area contributed by atoms with Gasteiger partial charge < -0.3 is 14.6 Å². The standard InChI is InChI=1S/C26H27F3O3.C3H6/c1-16(14-24(27)17(2)31-3)32-15-18-4-6-19(7-5-18)22-12-13-23(26(29)25(22)28)20-8-10-21(30)11-9-20;1-3-2/h4-7,12-14,20-21,30H,1-2,8-11,15H2,3H3;3H,1H2,2H3/b24-14+;. The zero-order valence-electron chi connectivity index (χ0n) is 20.3. The number of aliphatic hydroxyl groups is 1. The van der Waals surface area contributed by atoms with E-state index < -0.39 is 17.5 Å². The van der Waals surface area contributed by atoms with Gasteiger partial charge >= 0.3 is 0 Å². The summed E-state index contributed by atoms with van der Waals surface area (Å²) in [5.41, 5.74) is 1.85. The molecule has 3 nitrogen and oxygen atoms in total. The summed E-state index contributed by atoms with van der Waals surface area (Å²) in [5.74, 6) is -2.47. The fourth-order valence-corrected chi connectivity index (χ4v) is 3.81. The molecule has 1 saturated carbocycles. The number of hydrogen-bond acceptors (Lipinski definition) is 3. The predicted octanol–water partition coefficient (Wildman–Crippen LogP) is 7.89. The van der Waals surface area contributed by atoms with Gasteiger partial charge in [-0.1, -0.05) is 55.6 Å². The highest BCUT2D eigenvalue weighted by Gasteiger charge is 2.25. The summed E-state index contributed by atoms with van der Waals surface area (Å²) in [6.07, 6.45) is 4.98. The number of methoxy groups -OCH3 is 1. The first-order valence-corrected chi connectivity index (χ1v) is 11.5. The lowest BCUT2D eigenvalue weighted by Gasteiger charge is -2.26. The molecule has 1 aliphatic carbocycles. The highest BCUT2D eigenvalue weighted by Crippen LogP contribution is 2.37. The molecule has 3 rings (SSSR count). The van der Waals surface area contributed by atoms with Crippen molar-refractivity contribution in [3.63, 3.8) is 0 Å².